The molecule has 3 rings (SSSR count). The number of hydrogen-bond acceptors (Lipinski definition) is 7. The molecule has 2 aromatic carbocycles. The molecule has 0 aromatic heterocycles. The van der Waals surface area contributed by atoms with Crippen LogP contribution < -0.4 is 24.8 Å². The number of carbonyl (C=O) groups excluding carboxylic acids is 2. The minimum Gasteiger partial charge on any atom is -0.493 e. The number of carbonyl (C=O) groups is 2. The Morgan fingerprint density at radius 1 is 0.882 bits per heavy atom. The third-order valence-electron chi connectivity index (χ3n) is 5.82. The van der Waals surface area contributed by atoms with E-state index in [4.69, 9.17) is 14.2 Å². The Morgan fingerprint density at radius 3 is 2.15 bits per heavy atom. The number of nitrogens with one attached hydrogen (secondary N) is 2. The molecular formula is C25H34N4O5. The number of likely N-dealkylation sites (N-methyl/N-ethyl adjacent to an activating group) is 1. The van der Waals surface area contributed by atoms with Crippen LogP contribution in [0, 0.1) is 0 Å². The first-order valence-electron chi connectivity index (χ1n) is 11.3. The van der Waals surface area contributed by atoms with Gasteiger partial charge in [0.25, 0.3) is 5.91 Å². The Bertz CT molecular complexity index is 964. The predicted octanol–water partition coefficient (Wildman–Crippen LogP) is 1.51. The Labute approximate surface area is 201 Å². The van der Waals surface area contributed by atoms with E-state index in [1.807, 2.05) is 12.1 Å². The molecule has 2 N–H and O–H groups in total. The quantitative estimate of drug-likeness (QED) is 0.544. The van der Waals surface area contributed by atoms with Gasteiger partial charge in [0.15, 0.2) is 11.5 Å². The summed E-state index contributed by atoms with van der Waals surface area (Å²) < 4.78 is 15.8. The number of amides is 2. The van der Waals surface area contributed by atoms with Crippen molar-refractivity contribution in [1.82, 2.24) is 20.4 Å². The van der Waals surface area contributed by atoms with Crippen molar-refractivity contribution >= 4 is 11.8 Å². The summed E-state index contributed by atoms with van der Waals surface area (Å²) in [5.74, 6) is 0.448. The standard InChI is InChI=1S/C25H34N4O5/c1-28-8-10-29(11-9-28)17-19-7-5-6-18(12-19)15-26-23(30)16-27-25(31)20-13-21(32-2)24(34-4)22(14-20)33-3/h5-7,12-14H,8-11,15-17H2,1-4H3,(H,26,30)(H,27,31). The molecular weight excluding hydrogens is 436 g/mol. The van der Waals surface area contributed by atoms with E-state index in [-0.39, 0.29) is 12.5 Å². The lowest BCUT2D eigenvalue weighted by Gasteiger charge is -2.32. The van der Waals surface area contributed by atoms with Crippen LogP contribution in [0.4, 0.5) is 0 Å². The van der Waals surface area contributed by atoms with E-state index in [9.17, 15) is 9.59 Å². The molecule has 184 valence electrons. The van der Waals surface area contributed by atoms with Gasteiger partial charge in [-0.25, -0.2) is 0 Å². The van der Waals surface area contributed by atoms with Crippen molar-refractivity contribution in [2.45, 2.75) is 13.1 Å². The lowest BCUT2D eigenvalue weighted by atomic mass is 10.1. The molecule has 9 nitrogen and oxygen atoms in total. The molecule has 0 bridgehead atoms. The van der Waals surface area contributed by atoms with Gasteiger partial charge < -0.3 is 29.7 Å². The molecule has 0 unspecified atom stereocenters. The zero-order valence-electron chi connectivity index (χ0n) is 20.3. The summed E-state index contributed by atoms with van der Waals surface area (Å²) in [4.78, 5) is 29.7. The maximum Gasteiger partial charge on any atom is 0.251 e. The number of piperazine rings is 1. The zero-order valence-corrected chi connectivity index (χ0v) is 20.3. The highest BCUT2D eigenvalue weighted by Crippen LogP contribution is 2.38. The SMILES string of the molecule is COc1cc(C(=O)NCC(=O)NCc2cccc(CN3CCN(C)CC3)c2)cc(OC)c1OC. The fourth-order valence-electron chi connectivity index (χ4n) is 3.84. The van der Waals surface area contributed by atoms with Crippen molar-refractivity contribution < 1.29 is 23.8 Å². The van der Waals surface area contributed by atoms with Crippen LogP contribution in [-0.2, 0) is 17.9 Å². The number of nitrogens with zero attached hydrogens (tertiary/aromatic N) is 2. The van der Waals surface area contributed by atoms with E-state index in [2.05, 4.69) is 39.6 Å². The molecule has 1 fully saturated rings. The van der Waals surface area contributed by atoms with E-state index in [1.165, 1.54) is 26.9 Å². The van der Waals surface area contributed by atoms with Crippen molar-refractivity contribution in [3.63, 3.8) is 0 Å². The van der Waals surface area contributed by atoms with Crippen LogP contribution >= 0.6 is 0 Å². The second-order valence-electron chi connectivity index (χ2n) is 8.27. The van der Waals surface area contributed by atoms with Crippen molar-refractivity contribution in [2.24, 2.45) is 0 Å². The molecule has 2 amide bonds. The van der Waals surface area contributed by atoms with Gasteiger partial charge in [-0.05, 0) is 30.3 Å². The van der Waals surface area contributed by atoms with E-state index in [0.29, 0.717) is 29.4 Å². The third kappa shape index (κ3) is 6.85. The zero-order chi connectivity index (χ0) is 24.5. The Kier molecular flexibility index (Phi) is 9.12. The van der Waals surface area contributed by atoms with Crippen LogP contribution in [-0.4, -0.2) is 82.7 Å². The fraction of sp³-hybridized carbons (Fsp3) is 0.440. The molecule has 1 heterocycles. The minimum atomic E-state index is -0.413. The smallest absolute Gasteiger partial charge is 0.251 e. The average Bonchev–Trinajstić information content (AvgIpc) is 2.86. The highest BCUT2D eigenvalue weighted by Gasteiger charge is 2.18. The Balaban J connectivity index is 1.49. The van der Waals surface area contributed by atoms with Gasteiger partial charge in [0, 0.05) is 44.8 Å². The second kappa shape index (κ2) is 12.2. The number of benzene rings is 2. The van der Waals surface area contributed by atoms with Crippen LogP contribution in [0.15, 0.2) is 36.4 Å². The monoisotopic (exact) mass is 470 g/mol. The second-order valence-corrected chi connectivity index (χ2v) is 8.27. The van der Waals surface area contributed by atoms with Crippen LogP contribution in [0.1, 0.15) is 21.5 Å². The first-order chi connectivity index (χ1) is 16.4. The summed E-state index contributed by atoms with van der Waals surface area (Å²) in [6.45, 7) is 5.44. The van der Waals surface area contributed by atoms with Crippen molar-refractivity contribution in [3.05, 3.63) is 53.1 Å². The Morgan fingerprint density at radius 2 is 1.53 bits per heavy atom. The van der Waals surface area contributed by atoms with Crippen LogP contribution in [0.25, 0.3) is 0 Å². The summed E-state index contributed by atoms with van der Waals surface area (Å²) in [5.41, 5.74) is 2.56. The maximum atomic E-state index is 12.6. The van der Waals surface area contributed by atoms with Gasteiger partial charge in [-0.15, -0.1) is 0 Å². The van der Waals surface area contributed by atoms with Crippen LogP contribution in [0.3, 0.4) is 0 Å². The average molecular weight is 471 g/mol. The predicted molar refractivity (Wildman–Crippen MR) is 129 cm³/mol. The van der Waals surface area contributed by atoms with Gasteiger partial charge >= 0.3 is 0 Å². The minimum absolute atomic E-state index is 0.142. The number of ether oxygens (including phenoxy) is 3. The number of rotatable bonds is 10. The van der Waals surface area contributed by atoms with E-state index in [1.54, 1.807) is 12.1 Å². The third-order valence-corrected chi connectivity index (χ3v) is 5.82. The molecule has 1 aliphatic rings. The summed E-state index contributed by atoms with van der Waals surface area (Å²) in [5, 5.41) is 5.49. The van der Waals surface area contributed by atoms with Crippen molar-refractivity contribution in [2.75, 3.05) is 61.1 Å². The molecule has 0 atom stereocenters. The molecule has 2 aromatic rings. The van der Waals surface area contributed by atoms with Gasteiger partial charge in [-0.1, -0.05) is 24.3 Å². The number of methoxy groups -OCH3 is 3. The molecule has 0 spiro atoms. The van der Waals surface area contributed by atoms with Crippen molar-refractivity contribution in [3.8, 4) is 17.2 Å². The first-order valence-corrected chi connectivity index (χ1v) is 11.3. The highest BCUT2D eigenvalue weighted by atomic mass is 16.5. The van der Waals surface area contributed by atoms with Gasteiger partial charge in [-0.3, -0.25) is 14.5 Å². The summed E-state index contributed by atoms with van der Waals surface area (Å²) >= 11 is 0. The molecule has 0 aliphatic carbocycles. The van der Waals surface area contributed by atoms with Gasteiger partial charge in [-0.2, -0.15) is 0 Å². The summed E-state index contributed by atoms with van der Waals surface area (Å²) in [6.07, 6.45) is 0. The maximum absolute atomic E-state index is 12.6. The topological polar surface area (TPSA) is 92.4 Å². The molecule has 1 saturated heterocycles. The highest BCUT2D eigenvalue weighted by molar-refractivity contribution is 5.97. The van der Waals surface area contributed by atoms with Gasteiger partial charge in [0.05, 0.1) is 27.9 Å². The first kappa shape index (κ1) is 25.3. The molecule has 1 aliphatic heterocycles. The van der Waals surface area contributed by atoms with Gasteiger partial charge in [0.1, 0.15) is 0 Å². The lowest BCUT2D eigenvalue weighted by molar-refractivity contribution is -0.120. The van der Waals surface area contributed by atoms with Crippen molar-refractivity contribution in [1.29, 1.82) is 0 Å². The number of hydrogen-bond donors (Lipinski definition) is 2. The fourth-order valence-corrected chi connectivity index (χ4v) is 3.84. The lowest BCUT2D eigenvalue weighted by Crippen LogP contribution is -2.43. The largest absolute Gasteiger partial charge is 0.493 e. The van der Waals surface area contributed by atoms with Crippen LogP contribution in [0.2, 0.25) is 0 Å². The normalized spacial score (nSPS) is 14.4. The van der Waals surface area contributed by atoms with E-state index in [0.717, 1.165) is 38.3 Å². The molecule has 34 heavy (non-hydrogen) atoms. The molecule has 9 heteroatoms. The molecule has 0 saturated carbocycles. The summed E-state index contributed by atoms with van der Waals surface area (Å²) in [7, 11) is 6.60. The Hall–Kier alpha value is -3.30. The van der Waals surface area contributed by atoms with E-state index < -0.39 is 5.91 Å². The molecule has 0 radical (unpaired) electrons. The van der Waals surface area contributed by atoms with E-state index >= 15 is 0 Å². The van der Waals surface area contributed by atoms with Crippen LogP contribution in [0.5, 0.6) is 17.2 Å². The summed E-state index contributed by atoms with van der Waals surface area (Å²) in [6, 6.07) is 11.3. The van der Waals surface area contributed by atoms with Gasteiger partial charge in [0.2, 0.25) is 11.7 Å².